The van der Waals surface area contributed by atoms with Gasteiger partial charge in [-0.05, 0) is 35.4 Å². The largest absolute Gasteiger partial charge is 0.484 e. The summed E-state index contributed by atoms with van der Waals surface area (Å²) in [5.41, 5.74) is 2.29. The van der Waals surface area contributed by atoms with Crippen molar-refractivity contribution < 1.29 is 9.53 Å². The topological polar surface area (TPSA) is 38.3 Å². The number of hydrogen-bond donors (Lipinski definition) is 1. The van der Waals surface area contributed by atoms with Crippen molar-refractivity contribution in [2.45, 2.75) is 13.5 Å². The highest BCUT2D eigenvalue weighted by Gasteiger charge is 2.03. The molecule has 1 N–H and O–H groups in total. The lowest BCUT2D eigenvalue weighted by Gasteiger charge is -2.08. The summed E-state index contributed by atoms with van der Waals surface area (Å²) in [6.07, 6.45) is 0. The zero-order chi connectivity index (χ0) is 16.1. The summed E-state index contributed by atoms with van der Waals surface area (Å²) >= 11 is 0. The van der Waals surface area contributed by atoms with Crippen molar-refractivity contribution in [2.24, 2.45) is 0 Å². The minimum absolute atomic E-state index is 0.0181. The first-order valence-electron chi connectivity index (χ1n) is 7.64. The average Bonchev–Trinajstić information content (AvgIpc) is 2.59. The third-order valence-corrected chi connectivity index (χ3v) is 3.70. The van der Waals surface area contributed by atoms with E-state index in [0.717, 1.165) is 16.3 Å². The van der Waals surface area contributed by atoms with Gasteiger partial charge in [0.25, 0.3) is 5.91 Å². The van der Waals surface area contributed by atoms with E-state index in [1.54, 1.807) is 0 Å². The van der Waals surface area contributed by atoms with E-state index in [0.29, 0.717) is 12.3 Å². The Morgan fingerprint density at radius 1 is 0.957 bits per heavy atom. The van der Waals surface area contributed by atoms with Crippen LogP contribution < -0.4 is 10.1 Å². The predicted octanol–water partition coefficient (Wildman–Crippen LogP) is 3.84. The number of benzene rings is 3. The Bertz CT molecular complexity index is 809. The normalized spacial score (nSPS) is 10.5. The van der Waals surface area contributed by atoms with Gasteiger partial charge < -0.3 is 10.1 Å². The van der Waals surface area contributed by atoms with E-state index >= 15 is 0 Å². The van der Waals surface area contributed by atoms with Crippen molar-refractivity contribution in [1.82, 2.24) is 5.32 Å². The lowest BCUT2D eigenvalue weighted by atomic mass is 10.1. The predicted molar refractivity (Wildman–Crippen MR) is 92.5 cm³/mol. The van der Waals surface area contributed by atoms with Gasteiger partial charge >= 0.3 is 0 Å². The molecule has 3 nitrogen and oxygen atoms in total. The van der Waals surface area contributed by atoms with Crippen LogP contribution in [0.4, 0.5) is 0 Å². The van der Waals surface area contributed by atoms with Crippen molar-refractivity contribution in [2.75, 3.05) is 6.61 Å². The van der Waals surface area contributed by atoms with Gasteiger partial charge in [0.2, 0.25) is 0 Å². The Kier molecular flexibility index (Phi) is 4.57. The Morgan fingerprint density at radius 2 is 1.70 bits per heavy atom. The Labute approximate surface area is 135 Å². The van der Waals surface area contributed by atoms with Crippen molar-refractivity contribution in [3.8, 4) is 5.75 Å². The second kappa shape index (κ2) is 6.97. The van der Waals surface area contributed by atoms with Crippen LogP contribution in [0.2, 0.25) is 0 Å². The standard InChI is InChI=1S/C20H19NO2/c1-15-6-8-16(9-7-15)13-21-20(22)14-23-19-11-10-17-4-2-3-5-18(17)12-19/h2-12H,13-14H2,1H3,(H,21,22). The van der Waals surface area contributed by atoms with Crippen LogP contribution in [-0.2, 0) is 11.3 Å². The third kappa shape index (κ3) is 4.10. The number of carbonyl (C=O) groups excluding carboxylic acids is 1. The fraction of sp³-hybridized carbons (Fsp3) is 0.150. The molecule has 3 aromatic carbocycles. The molecule has 0 aliphatic heterocycles. The van der Waals surface area contributed by atoms with E-state index in [9.17, 15) is 4.79 Å². The number of ether oxygens (including phenoxy) is 1. The molecule has 0 heterocycles. The number of carbonyl (C=O) groups is 1. The smallest absolute Gasteiger partial charge is 0.258 e. The highest BCUT2D eigenvalue weighted by molar-refractivity contribution is 5.84. The fourth-order valence-corrected chi connectivity index (χ4v) is 2.36. The number of nitrogens with one attached hydrogen (secondary N) is 1. The maximum absolute atomic E-state index is 11.9. The van der Waals surface area contributed by atoms with Crippen molar-refractivity contribution in [3.63, 3.8) is 0 Å². The van der Waals surface area contributed by atoms with E-state index in [2.05, 4.69) is 5.32 Å². The van der Waals surface area contributed by atoms with E-state index in [1.807, 2.05) is 73.7 Å². The molecule has 3 aromatic rings. The second-order valence-electron chi connectivity index (χ2n) is 5.56. The number of aryl methyl sites for hydroxylation is 1. The van der Waals surface area contributed by atoms with Crippen LogP contribution in [0.1, 0.15) is 11.1 Å². The van der Waals surface area contributed by atoms with E-state index < -0.39 is 0 Å². The molecule has 116 valence electrons. The molecular weight excluding hydrogens is 286 g/mol. The molecule has 3 heteroatoms. The summed E-state index contributed by atoms with van der Waals surface area (Å²) < 4.78 is 5.57. The lowest BCUT2D eigenvalue weighted by Crippen LogP contribution is -2.28. The van der Waals surface area contributed by atoms with Crippen LogP contribution in [0.5, 0.6) is 5.75 Å². The molecule has 0 spiro atoms. The highest BCUT2D eigenvalue weighted by atomic mass is 16.5. The molecule has 0 bridgehead atoms. The molecule has 0 saturated heterocycles. The third-order valence-electron chi connectivity index (χ3n) is 3.70. The summed E-state index contributed by atoms with van der Waals surface area (Å²) in [7, 11) is 0. The Morgan fingerprint density at radius 3 is 2.48 bits per heavy atom. The minimum atomic E-state index is -0.126. The lowest BCUT2D eigenvalue weighted by molar-refractivity contribution is -0.123. The van der Waals surface area contributed by atoms with Crippen LogP contribution >= 0.6 is 0 Å². The molecule has 0 aromatic heterocycles. The Balaban J connectivity index is 1.52. The molecule has 0 aliphatic carbocycles. The van der Waals surface area contributed by atoms with Crippen molar-refractivity contribution in [3.05, 3.63) is 77.9 Å². The van der Waals surface area contributed by atoms with Crippen LogP contribution in [0.15, 0.2) is 66.7 Å². The molecular formula is C20H19NO2. The molecule has 1 amide bonds. The van der Waals surface area contributed by atoms with Gasteiger partial charge in [0.05, 0.1) is 0 Å². The van der Waals surface area contributed by atoms with Gasteiger partial charge in [0.15, 0.2) is 6.61 Å². The molecule has 0 atom stereocenters. The van der Waals surface area contributed by atoms with Gasteiger partial charge in [0, 0.05) is 6.54 Å². The van der Waals surface area contributed by atoms with Gasteiger partial charge in [-0.3, -0.25) is 4.79 Å². The van der Waals surface area contributed by atoms with Gasteiger partial charge in [0.1, 0.15) is 5.75 Å². The minimum Gasteiger partial charge on any atom is -0.484 e. The van der Waals surface area contributed by atoms with Crippen LogP contribution in [0, 0.1) is 6.92 Å². The van der Waals surface area contributed by atoms with Gasteiger partial charge in [-0.1, -0.05) is 60.2 Å². The number of hydrogen-bond acceptors (Lipinski definition) is 2. The molecule has 0 fully saturated rings. The maximum atomic E-state index is 11.9. The van der Waals surface area contributed by atoms with Gasteiger partial charge in [-0.15, -0.1) is 0 Å². The van der Waals surface area contributed by atoms with E-state index in [1.165, 1.54) is 5.56 Å². The summed E-state index contributed by atoms with van der Waals surface area (Å²) in [6, 6.07) is 22.0. The average molecular weight is 305 g/mol. The zero-order valence-electron chi connectivity index (χ0n) is 13.1. The SMILES string of the molecule is Cc1ccc(CNC(=O)COc2ccc3ccccc3c2)cc1. The molecule has 0 unspecified atom stereocenters. The molecule has 3 rings (SSSR count). The highest BCUT2D eigenvalue weighted by Crippen LogP contribution is 2.20. The van der Waals surface area contributed by atoms with Gasteiger partial charge in [-0.2, -0.15) is 0 Å². The van der Waals surface area contributed by atoms with Crippen LogP contribution in [0.3, 0.4) is 0 Å². The number of rotatable bonds is 5. The summed E-state index contributed by atoms with van der Waals surface area (Å²) in [5.74, 6) is 0.577. The fourth-order valence-electron chi connectivity index (χ4n) is 2.36. The molecule has 0 saturated carbocycles. The van der Waals surface area contributed by atoms with E-state index in [-0.39, 0.29) is 12.5 Å². The first-order valence-corrected chi connectivity index (χ1v) is 7.64. The zero-order valence-corrected chi connectivity index (χ0v) is 13.1. The second-order valence-corrected chi connectivity index (χ2v) is 5.56. The van der Waals surface area contributed by atoms with Crippen molar-refractivity contribution in [1.29, 1.82) is 0 Å². The van der Waals surface area contributed by atoms with Gasteiger partial charge in [-0.25, -0.2) is 0 Å². The van der Waals surface area contributed by atoms with Crippen LogP contribution in [0.25, 0.3) is 10.8 Å². The first kappa shape index (κ1) is 15.1. The van der Waals surface area contributed by atoms with E-state index in [4.69, 9.17) is 4.74 Å². The summed E-state index contributed by atoms with van der Waals surface area (Å²) in [6.45, 7) is 2.57. The number of amides is 1. The van der Waals surface area contributed by atoms with Crippen LogP contribution in [-0.4, -0.2) is 12.5 Å². The monoisotopic (exact) mass is 305 g/mol. The maximum Gasteiger partial charge on any atom is 0.258 e. The number of fused-ring (bicyclic) bond motifs is 1. The van der Waals surface area contributed by atoms with Crippen molar-refractivity contribution >= 4 is 16.7 Å². The molecule has 0 radical (unpaired) electrons. The summed E-state index contributed by atoms with van der Waals surface area (Å²) in [5, 5.41) is 5.12. The molecule has 0 aliphatic rings. The summed E-state index contributed by atoms with van der Waals surface area (Å²) in [4.78, 5) is 11.9. The Hall–Kier alpha value is -2.81. The quantitative estimate of drug-likeness (QED) is 0.777. The first-order chi connectivity index (χ1) is 11.2. The molecule has 23 heavy (non-hydrogen) atoms.